The third kappa shape index (κ3) is 5.25. The number of nitrogens with zero attached hydrogens (tertiary/aromatic N) is 2. The Balaban J connectivity index is 1.43. The van der Waals surface area contributed by atoms with Gasteiger partial charge in [0.15, 0.2) is 5.58 Å². The molecule has 0 amide bonds. The molecule has 0 unspecified atom stereocenters. The SMILES string of the molecule is CCC[C@@H](c1ccc(C(F)(F)F)cc1)[C@@H](N)CNc1nnc(-c2ccc3[nH]c(=O)oc3c2)s1. The molecular weight excluding hydrogens is 455 g/mol. The van der Waals surface area contributed by atoms with E-state index in [1.54, 1.807) is 12.1 Å². The van der Waals surface area contributed by atoms with Crippen molar-refractivity contribution in [1.29, 1.82) is 0 Å². The number of anilines is 1. The van der Waals surface area contributed by atoms with Gasteiger partial charge in [0, 0.05) is 24.1 Å². The lowest BCUT2D eigenvalue weighted by Crippen LogP contribution is -2.35. The van der Waals surface area contributed by atoms with E-state index in [0.29, 0.717) is 27.8 Å². The van der Waals surface area contributed by atoms with Crippen molar-refractivity contribution < 1.29 is 17.6 Å². The molecule has 4 rings (SSSR count). The smallest absolute Gasteiger partial charge is 0.408 e. The van der Waals surface area contributed by atoms with E-state index < -0.39 is 17.5 Å². The van der Waals surface area contributed by atoms with E-state index in [1.807, 2.05) is 13.0 Å². The van der Waals surface area contributed by atoms with Crippen LogP contribution in [0.25, 0.3) is 21.7 Å². The number of halogens is 3. The number of aromatic amines is 1. The van der Waals surface area contributed by atoms with E-state index in [4.69, 9.17) is 10.2 Å². The molecule has 0 saturated carbocycles. The largest absolute Gasteiger partial charge is 0.417 e. The summed E-state index contributed by atoms with van der Waals surface area (Å²) in [5.74, 6) is -0.624. The van der Waals surface area contributed by atoms with Gasteiger partial charge in [0.05, 0.1) is 11.1 Å². The fourth-order valence-corrected chi connectivity index (χ4v) is 4.44. The zero-order chi connectivity index (χ0) is 23.6. The lowest BCUT2D eigenvalue weighted by Gasteiger charge is -2.24. The Labute approximate surface area is 190 Å². The molecular formula is C22H22F3N5O2S. The summed E-state index contributed by atoms with van der Waals surface area (Å²) in [7, 11) is 0. The summed E-state index contributed by atoms with van der Waals surface area (Å²) in [4.78, 5) is 13.9. The highest BCUT2D eigenvalue weighted by Gasteiger charge is 2.30. The number of hydrogen-bond acceptors (Lipinski definition) is 7. The molecule has 2 atom stereocenters. The maximum Gasteiger partial charge on any atom is 0.417 e. The van der Waals surface area contributed by atoms with Crippen LogP contribution >= 0.6 is 11.3 Å². The van der Waals surface area contributed by atoms with E-state index in [9.17, 15) is 18.0 Å². The number of alkyl halides is 3. The first-order valence-corrected chi connectivity index (χ1v) is 11.2. The number of oxazole rings is 1. The standard InChI is InChI=1S/C22H22F3N5O2S/c1-2-3-15(12-4-7-14(8-5-12)22(23,24)25)16(26)11-27-20-30-29-19(33-20)13-6-9-17-18(10-13)32-21(31)28-17/h4-10,15-16H,2-3,11,26H2,1H3,(H,27,30)(H,28,31)/t15-,16-/m0/s1. The van der Waals surface area contributed by atoms with Crippen LogP contribution in [0.5, 0.6) is 0 Å². The second kappa shape index (κ2) is 9.36. The average Bonchev–Trinajstić information content (AvgIpc) is 3.40. The fraction of sp³-hybridized carbons (Fsp3) is 0.318. The summed E-state index contributed by atoms with van der Waals surface area (Å²) in [6.07, 6.45) is -2.77. The second-order valence-electron chi connectivity index (χ2n) is 7.70. The molecule has 174 valence electrons. The third-order valence-corrected chi connectivity index (χ3v) is 6.29. The molecule has 7 nitrogen and oxygen atoms in total. The molecule has 2 heterocycles. The first-order valence-electron chi connectivity index (χ1n) is 10.4. The van der Waals surface area contributed by atoms with E-state index >= 15 is 0 Å². The maximum absolute atomic E-state index is 12.9. The molecule has 11 heteroatoms. The van der Waals surface area contributed by atoms with Gasteiger partial charge in [0.1, 0.15) is 5.01 Å². The summed E-state index contributed by atoms with van der Waals surface area (Å²) < 4.78 is 43.7. The van der Waals surface area contributed by atoms with Crippen LogP contribution in [0.2, 0.25) is 0 Å². The van der Waals surface area contributed by atoms with Crippen molar-refractivity contribution in [3.63, 3.8) is 0 Å². The van der Waals surface area contributed by atoms with Crippen molar-refractivity contribution in [3.8, 4) is 10.6 Å². The molecule has 33 heavy (non-hydrogen) atoms. The van der Waals surface area contributed by atoms with Crippen LogP contribution in [0.15, 0.2) is 51.7 Å². The number of rotatable bonds is 8. The summed E-state index contributed by atoms with van der Waals surface area (Å²) in [5.41, 5.74) is 8.31. The van der Waals surface area contributed by atoms with E-state index in [0.717, 1.165) is 36.1 Å². The van der Waals surface area contributed by atoms with Gasteiger partial charge in [-0.25, -0.2) is 4.79 Å². The van der Waals surface area contributed by atoms with Crippen LogP contribution < -0.4 is 16.8 Å². The Morgan fingerprint density at radius 1 is 1.18 bits per heavy atom. The van der Waals surface area contributed by atoms with E-state index in [-0.39, 0.29) is 12.0 Å². The van der Waals surface area contributed by atoms with Gasteiger partial charge in [-0.2, -0.15) is 13.2 Å². The molecule has 0 bridgehead atoms. The number of benzene rings is 2. The minimum absolute atomic E-state index is 0.101. The number of H-pyrrole nitrogens is 1. The highest BCUT2D eigenvalue weighted by molar-refractivity contribution is 7.18. The molecule has 4 aromatic rings. The van der Waals surface area contributed by atoms with Gasteiger partial charge in [-0.1, -0.05) is 36.8 Å². The Morgan fingerprint density at radius 3 is 2.64 bits per heavy atom. The first-order chi connectivity index (χ1) is 15.7. The van der Waals surface area contributed by atoms with Crippen LogP contribution in [-0.2, 0) is 6.18 Å². The molecule has 0 radical (unpaired) electrons. The van der Waals surface area contributed by atoms with Crippen LogP contribution in [0, 0.1) is 0 Å². The van der Waals surface area contributed by atoms with Crippen LogP contribution in [-0.4, -0.2) is 27.8 Å². The Hall–Kier alpha value is -3.18. The maximum atomic E-state index is 12.9. The Kier molecular flexibility index (Phi) is 6.52. The lowest BCUT2D eigenvalue weighted by atomic mass is 9.87. The number of nitrogens with two attached hydrogens (primary N) is 1. The number of aromatic nitrogens is 3. The molecule has 0 aliphatic carbocycles. The highest BCUT2D eigenvalue weighted by Crippen LogP contribution is 2.32. The molecule has 2 aromatic heterocycles. The zero-order valence-corrected chi connectivity index (χ0v) is 18.5. The Bertz CT molecular complexity index is 1280. The van der Waals surface area contributed by atoms with Crippen LogP contribution in [0.3, 0.4) is 0 Å². The predicted molar refractivity (Wildman–Crippen MR) is 121 cm³/mol. The molecule has 0 fully saturated rings. The molecule has 4 N–H and O–H groups in total. The average molecular weight is 478 g/mol. The highest BCUT2D eigenvalue weighted by atomic mass is 32.1. The van der Waals surface area contributed by atoms with E-state index in [1.165, 1.54) is 23.5 Å². The molecule has 0 aliphatic heterocycles. The zero-order valence-electron chi connectivity index (χ0n) is 17.6. The van der Waals surface area contributed by atoms with Gasteiger partial charge in [-0.15, -0.1) is 10.2 Å². The normalized spacial score (nSPS) is 13.8. The minimum atomic E-state index is -4.37. The van der Waals surface area contributed by atoms with Gasteiger partial charge in [0.25, 0.3) is 0 Å². The second-order valence-corrected chi connectivity index (χ2v) is 8.68. The van der Waals surface area contributed by atoms with Gasteiger partial charge in [-0.3, -0.25) is 4.98 Å². The molecule has 0 spiro atoms. The molecule has 0 saturated heterocycles. The number of nitrogens with one attached hydrogen (secondary N) is 2. The van der Waals surface area contributed by atoms with Crippen LogP contribution in [0.1, 0.15) is 36.8 Å². The van der Waals surface area contributed by atoms with Gasteiger partial charge in [0.2, 0.25) is 5.13 Å². The van der Waals surface area contributed by atoms with Gasteiger partial charge < -0.3 is 15.5 Å². The van der Waals surface area contributed by atoms with Crippen molar-refractivity contribution in [2.75, 3.05) is 11.9 Å². The quantitative estimate of drug-likeness (QED) is 0.330. The predicted octanol–water partition coefficient (Wildman–Crippen LogP) is 4.98. The number of fused-ring (bicyclic) bond motifs is 1. The Morgan fingerprint density at radius 2 is 1.94 bits per heavy atom. The molecule has 2 aromatic carbocycles. The topological polar surface area (TPSA) is 110 Å². The lowest BCUT2D eigenvalue weighted by molar-refractivity contribution is -0.137. The van der Waals surface area contributed by atoms with Crippen molar-refractivity contribution >= 4 is 27.6 Å². The fourth-order valence-electron chi connectivity index (χ4n) is 3.70. The van der Waals surface area contributed by atoms with Crippen molar-refractivity contribution in [1.82, 2.24) is 15.2 Å². The first kappa shape index (κ1) is 23.0. The third-order valence-electron chi connectivity index (χ3n) is 5.36. The van der Waals surface area contributed by atoms with Crippen molar-refractivity contribution in [3.05, 3.63) is 64.1 Å². The van der Waals surface area contributed by atoms with Crippen molar-refractivity contribution in [2.24, 2.45) is 5.73 Å². The van der Waals surface area contributed by atoms with Gasteiger partial charge in [-0.05, 0) is 42.3 Å². The summed E-state index contributed by atoms with van der Waals surface area (Å²) in [6.45, 7) is 2.39. The summed E-state index contributed by atoms with van der Waals surface area (Å²) >= 11 is 1.33. The summed E-state index contributed by atoms with van der Waals surface area (Å²) in [6, 6.07) is 10.1. The minimum Gasteiger partial charge on any atom is -0.408 e. The van der Waals surface area contributed by atoms with Crippen molar-refractivity contribution in [2.45, 2.75) is 37.9 Å². The summed E-state index contributed by atoms with van der Waals surface area (Å²) in [5, 5.41) is 12.7. The van der Waals surface area contributed by atoms with Crippen LogP contribution in [0.4, 0.5) is 18.3 Å². The van der Waals surface area contributed by atoms with Gasteiger partial charge >= 0.3 is 11.9 Å². The molecule has 0 aliphatic rings. The van der Waals surface area contributed by atoms with E-state index in [2.05, 4.69) is 20.5 Å². The number of hydrogen-bond donors (Lipinski definition) is 3. The monoisotopic (exact) mass is 477 g/mol.